The fourth-order valence-corrected chi connectivity index (χ4v) is 1.53. The number of hydrogen-bond donors (Lipinski definition) is 1. The van der Waals surface area contributed by atoms with Gasteiger partial charge in [-0.2, -0.15) is 0 Å². The summed E-state index contributed by atoms with van der Waals surface area (Å²) in [5.74, 6) is 0.0318. The molecule has 0 atom stereocenters. The summed E-state index contributed by atoms with van der Waals surface area (Å²) in [7, 11) is 0. The van der Waals surface area contributed by atoms with Crippen molar-refractivity contribution in [1.29, 1.82) is 0 Å². The van der Waals surface area contributed by atoms with Crippen molar-refractivity contribution in [3.05, 3.63) is 59.9 Å². The van der Waals surface area contributed by atoms with Crippen LogP contribution in [0.15, 0.2) is 48.8 Å². The van der Waals surface area contributed by atoms with Crippen LogP contribution in [0.2, 0.25) is 0 Å². The molecular formula is C13H13ClN2O. The Labute approximate surface area is 106 Å². The molecule has 2 N–H and O–H groups in total. The molecule has 0 saturated carbocycles. The lowest BCUT2D eigenvalue weighted by atomic mass is 10.0. The molecule has 0 aliphatic carbocycles. The average Bonchev–Trinajstić information content (AvgIpc) is 2.31. The first-order valence-electron chi connectivity index (χ1n) is 5.04. The van der Waals surface area contributed by atoms with Crippen molar-refractivity contribution in [2.75, 3.05) is 5.73 Å². The number of hydrogen-bond acceptors (Lipinski definition) is 3. The topological polar surface area (TPSA) is 56.0 Å². The summed E-state index contributed by atoms with van der Waals surface area (Å²) in [6.07, 6.45) is 3.71. The zero-order chi connectivity index (χ0) is 11.4. The highest BCUT2D eigenvalue weighted by molar-refractivity contribution is 6.01. The molecule has 0 aliphatic rings. The summed E-state index contributed by atoms with van der Waals surface area (Å²) in [5, 5.41) is 0. The second kappa shape index (κ2) is 6.01. The molecule has 0 radical (unpaired) electrons. The van der Waals surface area contributed by atoms with Crippen LogP contribution in [0.25, 0.3) is 0 Å². The number of pyridine rings is 1. The highest BCUT2D eigenvalue weighted by Crippen LogP contribution is 2.13. The lowest BCUT2D eigenvalue weighted by molar-refractivity contribution is 0.0994. The maximum Gasteiger partial charge on any atom is 0.169 e. The average molecular weight is 249 g/mol. The number of carbonyl (C=O) groups excluding carboxylic acids is 1. The molecule has 0 spiro atoms. The Morgan fingerprint density at radius 1 is 1.12 bits per heavy atom. The van der Waals surface area contributed by atoms with Crippen LogP contribution in [0.3, 0.4) is 0 Å². The van der Waals surface area contributed by atoms with Crippen LogP contribution in [0.4, 0.5) is 5.69 Å². The third kappa shape index (κ3) is 3.29. The van der Waals surface area contributed by atoms with Crippen molar-refractivity contribution in [3.63, 3.8) is 0 Å². The maximum atomic E-state index is 11.9. The van der Waals surface area contributed by atoms with Crippen molar-refractivity contribution in [2.45, 2.75) is 6.42 Å². The number of para-hydroxylation sites is 1. The van der Waals surface area contributed by atoms with Gasteiger partial charge in [-0.1, -0.05) is 12.1 Å². The number of anilines is 1. The smallest absolute Gasteiger partial charge is 0.169 e. The van der Waals surface area contributed by atoms with Crippen molar-refractivity contribution >= 4 is 23.9 Å². The molecule has 1 aromatic heterocycles. The van der Waals surface area contributed by atoms with Gasteiger partial charge in [0.2, 0.25) is 0 Å². The van der Waals surface area contributed by atoms with Gasteiger partial charge in [-0.15, -0.1) is 12.4 Å². The first kappa shape index (κ1) is 13.2. The predicted molar refractivity (Wildman–Crippen MR) is 70.4 cm³/mol. The van der Waals surface area contributed by atoms with Crippen LogP contribution in [0.1, 0.15) is 15.9 Å². The number of Topliss-reactive ketones (excluding diaryl/α,β-unsaturated/α-hetero) is 1. The third-order valence-corrected chi connectivity index (χ3v) is 2.38. The van der Waals surface area contributed by atoms with Crippen LogP contribution in [-0.4, -0.2) is 10.8 Å². The van der Waals surface area contributed by atoms with Crippen LogP contribution < -0.4 is 5.73 Å². The Kier molecular flexibility index (Phi) is 4.67. The number of nitrogens with zero attached hydrogens (tertiary/aromatic N) is 1. The predicted octanol–water partition coefficient (Wildman–Crippen LogP) is 2.51. The number of carbonyl (C=O) groups is 1. The van der Waals surface area contributed by atoms with Crippen LogP contribution in [0, 0.1) is 0 Å². The molecule has 0 aliphatic heterocycles. The van der Waals surface area contributed by atoms with Gasteiger partial charge in [-0.25, -0.2) is 0 Å². The third-order valence-electron chi connectivity index (χ3n) is 2.38. The van der Waals surface area contributed by atoms with E-state index in [2.05, 4.69) is 4.98 Å². The molecule has 2 aromatic rings. The molecular weight excluding hydrogens is 236 g/mol. The fraction of sp³-hybridized carbons (Fsp3) is 0.0769. The summed E-state index contributed by atoms with van der Waals surface area (Å²) >= 11 is 0. The number of nitrogen functional groups attached to an aromatic ring is 1. The number of nitrogens with two attached hydrogens (primary N) is 1. The molecule has 88 valence electrons. The molecule has 2 rings (SSSR count). The number of ketones is 1. The van der Waals surface area contributed by atoms with E-state index in [1.807, 2.05) is 24.3 Å². The number of benzene rings is 1. The Balaban J connectivity index is 0.00000144. The van der Waals surface area contributed by atoms with Gasteiger partial charge in [0, 0.05) is 30.1 Å². The molecule has 0 unspecified atom stereocenters. The van der Waals surface area contributed by atoms with E-state index in [-0.39, 0.29) is 18.2 Å². The van der Waals surface area contributed by atoms with Crippen molar-refractivity contribution < 1.29 is 4.79 Å². The van der Waals surface area contributed by atoms with Gasteiger partial charge >= 0.3 is 0 Å². The molecule has 0 amide bonds. The minimum absolute atomic E-state index is 0. The summed E-state index contributed by atoms with van der Waals surface area (Å²) in [6.45, 7) is 0. The zero-order valence-corrected chi connectivity index (χ0v) is 9.98. The van der Waals surface area contributed by atoms with E-state index in [4.69, 9.17) is 5.73 Å². The molecule has 1 aromatic carbocycles. The van der Waals surface area contributed by atoms with Crippen molar-refractivity contribution in [2.24, 2.45) is 0 Å². The summed E-state index contributed by atoms with van der Waals surface area (Å²) in [4.78, 5) is 15.8. The van der Waals surface area contributed by atoms with Gasteiger partial charge in [0.25, 0.3) is 0 Å². The lowest BCUT2D eigenvalue weighted by Gasteiger charge is -2.04. The maximum absolute atomic E-state index is 11.9. The number of aromatic nitrogens is 1. The monoisotopic (exact) mass is 248 g/mol. The Hall–Kier alpha value is -1.87. The molecule has 4 heteroatoms. The Morgan fingerprint density at radius 3 is 2.41 bits per heavy atom. The highest BCUT2D eigenvalue weighted by Gasteiger charge is 2.09. The van der Waals surface area contributed by atoms with E-state index in [1.54, 1.807) is 24.5 Å². The van der Waals surface area contributed by atoms with E-state index >= 15 is 0 Å². The van der Waals surface area contributed by atoms with E-state index in [9.17, 15) is 4.79 Å². The second-order valence-corrected chi connectivity index (χ2v) is 3.54. The van der Waals surface area contributed by atoms with E-state index in [1.165, 1.54) is 0 Å². The summed E-state index contributed by atoms with van der Waals surface area (Å²) < 4.78 is 0. The number of halogens is 1. The second-order valence-electron chi connectivity index (χ2n) is 3.54. The normalized spacial score (nSPS) is 9.41. The Morgan fingerprint density at radius 2 is 1.76 bits per heavy atom. The van der Waals surface area contributed by atoms with Crippen molar-refractivity contribution in [3.8, 4) is 0 Å². The minimum atomic E-state index is 0. The number of rotatable bonds is 3. The SMILES string of the molecule is Cl.Nc1ccccc1C(=O)Cc1ccncc1. The molecule has 0 bridgehead atoms. The van der Waals surface area contributed by atoms with Gasteiger partial charge < -0.3 is 5.73 Å². The van der Waals surface area contributed by atoms with Gasteiger partial charge in [0.05, 0.1) is 0 Å². The largest absolute Gasteiger partial charge is 0.398 e. The van der Waals surface area contributed by atoms with Crippen molar-refractivity contribution in [1.82, 2.24) is 4.98 Å². The standard InChI is InChI=1S/C13H12N2O.ClH/c14-12-4-2-1-3-11(12)13(16)9-10-5-7-15-8-6-10;/h1-8H,9,14H2;1H. The van der Waals surface area contributed by atoms with Crippen LogP contribution >= 0.6 is 12.4 Å². The fourth-order valence-electron chi connectivity index (χ4n) is 1.53. The molecule has 3 nitrogen and oxygen atoms in total. The molecule has 1 heterocycles. The van der Waals surface area contributed by atoms with Gasteiger partial charge in [0.1, 0.15) is 0 Å². The van der Waals surface area contributed by atoms with Gasteiger partial charge in [0.15, 0.2) is 5.78 Å². The van der Waals surface area contributed by atoms with E-state index < -0.39 is 0 Å². The van der Waals surface area contributed by atoms with Crippen LogP contribution in [0.5, 0.6) is 0 Å². The molecule has 0 fully saturated rings. The summed E-state index contributed by atoms with van der Waals surface area (Å²) in [5.41, 5.74) is 7.80. The summed E-state index contributed by atoms with van der Waals surface area (Å²) in [6, 6.07) is 10.8. The zero-order valence-electron chi connectivity index (χ0n) is 9.17. The highest BCUT2D eigenvalue weighted by atomic mass is 35.5. The first-order chi connectivity index (χ1) is 7.77. The van der Waals surface area contributed by atoms with Gasteiger partial charge in [-0.3, -0.25) is 9.78 Å². The van der Waals surface area contributed by atoms with Crippen LogP contribution in [-0.2, 0) is 6.42 Å². The minimum Gasteiger partial charge on any atom is -0.398 e. The first-order valence-corrected chi connectivity index (χ1v) is 5.04. The quantitative estimate of drug-likeness (QED) is 0.671. The Bertz CT molecular complexity index is 500. The van der Waals surface area contributed by atoms with E-state index in [0.29, 0.717) is 17.7 Å². The lowest BCUT2D eigenvalue weighted by Crippen LogP contribution is -2.06. The van der Waals surface area contributed by atoms with Gasteiger partial charge in [-0.05, 0) is 29.8 Å². The molecule has 17 heavy (non-hydrogen) atoms. The van der Waals surface area contributed by atoms with E-state index in [0.717, 1.165) is 5.56 Å². The molecule has 0 saturated heterocycles.